The molecule has 86 valence electrons. The summed E-state index contributed by atoms with van der Waals surface area (Å²) in [5, 5.41) is 0.755. The number of anilines is 1. The number of fused-ring (bicyclic) bond motifs is 1. The van der Waals surface area contributed by atoms with Crippen LogP contribution in [0.15, 0.2) is 24.5 Å². The molecule has 0 amide bonds. The van der Waals surface area contributed by atoms with Crippen LogP contribution in [0.4, 0.5) is 5.69 Å². The number of nitrogens with one attached hydrogen (secondary N) is 2. The maximum atomic E-state index is 11.6. The molecule has 0 aliphatic carbocycles. The largest absolute Gasteiger partial charge is 0.346 e. The Bertz CT molecular complexity index is 592. The number of rotatable bonds is 4. The fourth-order valence-electron chi connectivity index (χ4n) is 1.39. The topological polar surface area (TPSA) is 74.8 Å². The van der Waals surface area contributed by atoms with Gasteiger partial charge in [-0.1, -0.05) is 0 Å². The number of hydrogen-bond donors (Lipinski definition) is 3. The maximum Gasteiger partial charge on any atom is 0.233 e. The van der Waals surface area contributed by atoms with E-state index in [1.165, 1.54) is 0 Å². The van der Waals surface area contributed by atoms with Crippen molar-refractivity contribution in [1.82, 2.24) is 9.97 Å². The van der Waals surface area contributed by atoms with Gasteiger partial charge in [0.15, 0.2) is 0 Å². The molecule has 0 unspecified atom stereocenters. The van der Waals surface area contributed by atoms with E-state index in [2.05, 4.69) is 27.3 Å². The summed E-state index contributed by atoms with van der Waals surface area (Å²) in [5.74, 6) is 0.279. The normalized spacial score (nSPS) is 11.8. The molecule has 0 aliphatic heterocycles. The zero-order chi connectivity index (χ0) is 11.6. The Morgan fingerprint density at radius 3 is 3.00 bits per heavy atom. The van der Waals surface area contributed by atoms with Crippen molar-refractivity contribution in [3.8, 4) is 0 Å². The summed E-state index contributed by atoms with van der Waals surface area (Å²) in [5.41, 5.74) is 1.19. The molecular weight excluding hydrogens is 246 g/mol. The summed E-state index contributed by atoms with van der Waals surface area (Å²) in [6.07, 6.45) is 3.27. The van der Waals surface area contributed by atoms with E-state index in [0.717, 1.165) is 5.39 Å². The van der Waals surface area contributed by atoms with Crippen LogP contribution in [0.5, 0.6) is 0 Å². The summed E-state index contributed by atoms with van der Waals surface area (Å²) >= 11 is 3.90. The second kappa shape index (κ2) is 4.34. The van der Waals surface area contributed by atoms with Crippen molar-refractivity contribution >= 4 is 39.4 Å². The lowest BCUT2D eigenvalue weighted by Gasteiger charge is -2.07. The molecule has 2 heterocycles. The van der Waals surface area contributed by atoms with E-state index < -0.39 is 10.0 Å². The molecule has 0 aliphatic rings. The van der Waals surface area contributed by atoms with Crippen molar-refractivity contribution in [3.05, 3.63) is 24.5 Å². The predicted octanol–water partition coefficient (Wildman–Crippen LogP) is 1.23. The maximum absolute atomic E-state index is 11.6. The van der Waals surface area contributed by atoms with E-state index in [1.54, 1.807) is 24.5 Å². The third-order valence-electron chi connectivity index (χ3n) is 2.09. The van der Waals surface area contributed by atoms with E-state index in [4.69, 9.17) is 0 Å². The van der Waals surface area contributed by atoms with Gasteiger partial charge in [-0.05, 0) is 12.1 Å². The van der Waals surface area contributed by atoms with Crippen LogP contribution in [0, 0.1) is 0 Å². The molecule has 0 bridgehead atoms. The number of aromatic nitrogens is 2. The van der Waals surface area contributed by atoms with Gasteiger partial charge in [-0.3, -0.25) is 4.72 Å². The first kappa shape index (κ1) is 11.3. The summed E-state index contributed by atoms with van der Waals surface area (Å²) in [4.78, 5) is 6.99. The first-order chi connectivity index (χ1) is 7.62. The van der Waals surface area contributed by atoms with Crippen molar-refractivity contribution in [3.63, 3.8) is 0 Å². The highest BCUT2D eigenvalue weighted by atomic mass is 32.2. The van der Waals surface area contributed by atoms with Crippen molar-refractivity contribution in [2.24, 2.45) is 0 Å². The number of sulfonamides is 1. The molecule has 7 heteroatoms. The summed E-state index contributed by atoms with van der Waals surface area (Å²) in [6.45, 7) is 0. The first-order valence-corrected chi connectivity index (χ1v) is 6.94. The van der Waals surface area contributed by atoms with Gasteiger partial charge in [-0.15, -0.1) is 0 Å². The van der Waals surface area contributed by atoms with Gasteiger partial charge in [0, 0.05) is 23.5 Å². The first-order valence-electron chi connectivity index (χ1n) is 4.66. The number of aromatic amines is 1. The van der Waals surface area contributed by atoms with Gasteiger partial charge < -0.3 is 4.98 Å². The third kappa shape index (κ3) is 2.30. The van der Waals surface area contributed by atoms with Crippen LogP contribution >= 0.6 is 12.6 Å². The average Bonchev–Trinajstić information content (AvgIpc) is 2.65. The molecule has 2 N–H and O–H groups in total. The number of thiol groups is 1. The van der Waals surface area contributed by atoms with Crippen LogP contribution in [0.1, 0.15) is 0 Å². The molecule has 2 aromatic rings. The van der Waals surface area contributed by atoms with E-state index in [9.17, 15) is 8.42 Å². The van der Waals surface area contributed by atoms with Crippen molar-refractivity contribution in [2.75, 3.05) is 16.2 Å². The van der Waals surface area contributed by atoms with Crippen molar-refractivity contribution in [1.29, 1.82) is 0 Å². The number of hydrogen-bond acceptors (Lipinski definition) is 4. The van der Waals surface area contributed by atoms with Gasteiger partial charge in [0.05, 0.1) is 11.4 Å². The van der Waals surface area contributed by atoms with Crippen LogP contribution < -0.4 is 4.72 Å². The molecular formula is C9H11N3O2S2. The fourth-order valence-corrected chi connectivity index (χ4v) is 2.97. The highest BCUT2D eigenvalue weighted by Gasteiger charge is 2.11. The minimum Gasteiger partial charge on any atom is -0.346 e. The Morgan fingerprint density at radius 1 is 1.44 bits per heavy atom. The zero-order valence-corrected chi connectivity index (χ0v) is 10.1. The smallest absolute Gasteiger partial charge is 0.233 e. The highest BCUT2D eigenvalue weighted by Crippen LogP contribution is 2.21. The molecule has 2 rings (SSSR count). The van der Waals surface area contributed by atoms with Crippen LogP contribution in [0.3, 0.4) is 0 Å². The lowest BCUT2D eigenvalue weighted by molar-refractivity contribution is 0.603. The minimum absolute atomic E-state index is 0.00957. The van der Waals surface area contributed by atoms with Gasteiger partial charge in [0.25, 0.3) is 0 Å². The third-order valence-corrected chi connectivity index (χ3v) is 3.88. The lowest BCUT2D eigenvalue weighted by atomic mass is 10.3. The zero-order valence-electron chi connectivity index (χ0n) is 8.34. The SMILES string of the molecule is O=S(=O)(CCS)Nc1ccnc2[nH]ccc12. The van der Waals surface area contributed by atoms with Crippen LogP contribution in [-0.2, 0) is 10.0 Å². The highest BCUT2D eigenvalue weighted by molar-refractivity contribution is 7.93. The Kier molecular flexibility index (Phi) is 3.06. The van der Waals surface area contributed by atoms with Crippen molar-refractivity contribution in [2.45, 2.75) is 0 Å². The van der Waals surface area contributed by atoms with Gasteiger partial charge in [-0.25, -0.2) is 13.4 Å². The molecule has 0 spiro atoms. The van der Waals surface area contributed by atoms with E-state index >= 15 is 0 Å². The Labute approximate surface area is 98.7 Å². The summed E-state index contributed by atoms with van der Waals surface area (Å²) in [6, 6.07) is 3.41. The predicted molar refractivity (Wildman–Crippen MR) is 67.4 cm³/mol. The van der Waals surface area contributed by atoms with Gasteiger partial charge in [0.1, 0.15) is 5.65 Å². The van der Waals surface area contributed by atoms with Crippen LogP contribution in [-0.4, -0.2) is 29.9 Å². The molecule has 0 fully saturated rings. The Balaban J connectivity index is 2.38. The molecule has 0 aromatic carbocycles. The number of pyridine rings is 1. The second-order valence-corrected chi connectivity index (χ2v) is 5.53. The van der Waals surface area contributed by atoms with E-state index in [0.29, 0.717) is 11.3 Å². The van der Waals surface area contributed by atoms with E-state index in [1.807, 2.05) is 0 Å². The number of H-pyrrole nitrogens is 1. The fraction of sp³-hybridized carbons (Fsp3) is 0.222. The summed E-state index contributed by atoms with van der Waals surface area (Å²) in [7, 11) is -3.32. The van der Waals surface area contributed by atoms with Gasteiger partial charge in [-0.2, -0.15) is 12.6 Å². The van der Waals surface area contributed by atoms with Gasteiger partial charge >= 0.3 is 0 Å². The molecule has 0 radical (unpaired) electrons. The Morgan fingerprint density at radius 2 is 2.25 bits per heavy atom. The van der Waals surface area contributed by atoms with Crippen molar-refractivity contribution < 1.29 is 8.42 Å². The molecule has 16 heavy (non-hydrogen) atoms. The molecule has 0 saturated carbocycles. The molecule has 0 saturated heterocycles. The standard InChI is InChI=1S/C9H11N3O2S2/c13-16(14,6-5-15)12-8-2-4-11-9-7(8)1-3-10-9/h1-4,15H,5-6H2,(H2,10,11,12). The van der Waals surface area contributed by atoms with Crippen LogP contribution in [0.25, 0.3) is 11.0 Å². The molecule has 2 aromatic heterocycles. The molecule has 0 atom stereocenters. The summed E-state index contributed by atoms with van der Waals surface area (Å²) < 4.78 is 25.7. The van der Waals surface area contributed by atoms with Gasteiger partial charge in [0.2, 0.25) is 10.0 Å². The molecule has 5 nitrogen and oxygen atoms in total. The second-order valence-electron chi connectivity index (χ2n) is 3.24. The average molecular weight is 257 g/mol. The van der Waals surface area contributed by atoms with E-state index in [-0.39, 0.29) is 11.5 Å². The monoisotopic (exact) mass is 257 g/mol. The van der Waals surface area contributed by atoms with Crippen LogP contribution in [0.2, 0.25) is 0 Å². The Hall–Kier alpha value is -1.21. The quantitative estimate of drug-likeness (QED) is 0.721. The lowest BCUT2D eigenvalue weighted by Crippen LogP contribution is -2.17. The minimum atomic E-state index is -3.32. The number of nitrogens with zero attached hydrogens (tertiary/aromatic N) is 1.